The van der Waals surface area contributed by atoms with Crippen molar-refractivity contribution in [1.29, 1.82) is 0 Å². The quantitative estimate of drug-likeness (QED) is 0.892. The van der Waals surface area contributed by atoms with Crippen molar-refractivity contribution in [2.45, 2.75) is 53.5 Å². The lowest BCUT2D eigenvalue weighted by Crippen LogP contribution is -2.26. The molecule has 1 aromatic heterocycles. The van der Waals surface area contributed by atoms with Gasteiger partial charge in [0, 0.05) is 19.6 Å². The van der Waals surface area contributed by atoms with Crippen molar-refractivity contribution in [3.05, 3.63) is 23.9 Å². The molecule has 0 amide bonds. The second-order valence-electron chi connectivity index (χ2n) is 7.52. The maximum Gasteiger partial charge on any atom is 0.128 e. The van der Waals surface area contributed by atoms with Crippen molar-refractivity contribution in [3.63, 3.8) is 0 Å². The van der Waals surface area contributed by atoms with Crippen LogP contribution in [-0.2, 0) is 6.54 Å². The summed E-state index contributed by atoms with van der Waals surface area (Å²) in [6, 6.07) is 6.42. The van der Waals surface area contributed by atoms with Crippen molar-refractivity contribution < 1.29 is 0 Å². The van der Waals surface area contributed by atoms with Crippen LogP contribution in [0.15, 0.2) is 18.2 Å². The van der Waals surface area contributed by atoms with Gasteiger partial charge in [-0.15, -0.1) is 0 Å². The minimum atomic E-state index is 0.477. The van der Waals surface area contributed by atoms with E-state index in [0.717, 1.165) is 37.7 Å². The molecule has 1 saturated heterocycles. The summed E-state index contributed by atoms with van der Waals surface area (Å²) in [5.74, 6) is 1.83. The Labute approximate surface area is 130 Å². The molecular weight excluding hydrogens is 258 g/mol. The molecule has 1 aliphatic rings. The van der Waals surface area contributed by atoms with Crippen LogP contribution in [0.4, 0.5) is 5.82 Å². The minimum Gasteiger partial charge on any atom is -0.357 e. The molecule has 0 saturated carbocycles. The van der Waals surface area contributed by atoms with Crippen LogP contribution in [0.1, 0.15) is 52.7 Å². The van der Waals surface area contributed by atoms with E-state index in [0.29, 0.717) is 11.3 Å². The summed E-state index contributed by atoms with van der Waals surface area (Å²) in [4.78, 5) is 7.31. The number of hydrogen-bond acceptors (Lipinski definition) is 3. The normalized spacial score (nSPS) is 18.8. The number of anilines is 1. The summed E-state index contributed by atoms with van der Waals surface area (Å²) < 4.78 is 0. The van der Waals surface area contributed by atoms with Gasteiger partial charge in [-0.1, -0.05) is 33.8 Å². The van der Waals surface area contributed by atoms with E-state index in [4.69, 9.17) is 4.98 Å². The van der Waals surface area contributed by atoms with Gasteiger partial charge in [-0.05, 0) is 49.3 Å². The third kappa shape index (κ3) is 5.31. The van der Waals surface area contributed by atoms with Gasteiger partial charge >= 0.3 is 0 Å². The molecule has 2 heterocycles. The highest BCUT2D eigenvalue weighted by Gasteiger charge is 2.23. The average molecular weight is 289 g/mol. The van der Waals surface area contributed by atoms with E-state index in [-0.39, 0.29) is 0 Å². The molecule has 0 atom stereocenters. The van der Waals surface area contributed by atoms with Gasteiger partial charge in [0.05, 0.1) is 5.69 Å². The van der Waals surface area contributed by atoms with E-state index in [1.165, 1.54) is 19.3 Å². The Bertz CT molecular complexity index is 440. The third-order valence-corrected chi connectivity index (χ3v) is 4.31. The SMILES string of the molecule is CC(C)CNCc1cccc(N2CCCC(C)(C)CC2)n1. The smallest absolute Gasteiger partial charge is 0.128 e. The lowest BCUT2D eigenvalue weighted by atomic mass is 9.85. The van der Waals surface area contributed by atoms with Gasteiger partial charge in [-0.2, -0.15) is 0 Å². The van der Waals surface area contributed by atoms with Gasteiger partial charge in [0.15, 0.2) is 0 Å². The molecule has 0 radical (unpaired) electrons. The Morgan fingerprint density at radius 2 is 2.05 bits per heavy atom. The number of nitrogens with one attached hydrogen (secondary N) is 1. The molecule has 1 N–H and O–H groups in total. The first-order valence-corrected chi connectivity index (χ1v) is 8.38. The van der Waals surface area contributed by atoms with E-state index < -0.39 is 0 Å². The van der Waals surface area contributed by atoms with E-state index >= 15 is 0 Å². The zero-order valence-corrected chi connectivity index (χ0v) is 14.2. The summed E-state index contributed by atoms with van der Waals surface area (Å²) in [5, 5.41) is 3.48. The van der Waals surface area contributed by atoms with Crippen LogP contribution in [0.25, 0.3) is 0 Å². The first kappa shape index (κ1) is 16.3. The average Bonchev–Trinajstić information content (AvgIpc) is 2.60. The monoisotopic (exact) mass is 289 g/mol. The highest BCUT2D eigenvalue weighted by molar-refractivity contribution is 5.39. The molecule has 1 aromatic rings. The van der Waals surface area contributed by atoms with E-state index in [1.807, 2.05) is 0 Å². The zero-order chi connectivity index (χ0) is 15.3. The fraction of sp³-hybridized carbons (Fsp3) is 0.722. The van der Waals surface area contributed by atoms with Crippen LogP contribution in [0.3, 0.4) is 0 Å². The van der Waals surface area contributed by atoms with Gasteiger partial charge in [-0.3, -0.25) is 0 Å². The van der Waals surface area contributed by atoms with E-state index in [9.17, 15) is 0 Å². The Hall–Kier alpha value is -1.09. The van der Waals surface area contributed by atoms with Crippen LogP contribution in [-0.4, -0.2) is 24.6 Å². The van der Waals surface area contributed by atoms with E-state index in [2.05, 4.69) is 56.1 Å². The highest BCUT2D eigenvalue weighted by atomic mass is 15.2. The van der Waals surface area contributed by atoms with Gasteiger partial charge in [0.25, 0.3) is 0 Å². The predicted octanol–water partition coefficient (Wildman–Crippen LogP) is 3.84. The van der Waals surface area contributed by atoms with E-state index in [1.54, 1.807) is 0 Å². The number of nitrogens with zero attached hydrogens (tertiary/aromatic N) is 2. The van der Waals surface area contributed by atoms with Gasteiger partial charge in [-0.25, -0.2) is 4.98 Å². The first-order valence-electron chi connectivity index (χ1n) is 8.38. The first-order chi connectivity index (χ1) is 9.96. The minimum absolute atomic E-state index is 0.477. The Morgan fingerprint density at radius 1 is 1.24 bits per heavy atom. The largest absolute Gasteiger partial charge is 0.357 e. The number of aromatic nitrogens is 1. The molecule has 0 bridgehead atoms. The summed E-state index contributed by atoms with van der Waals surface area (Å²) in [6.45, 7) is 13.4. The highest BCUT2D eigenvalue weighted by Crippen LogP contribution is 2.31. The Kier molecular flexibility index (Phi) is 5.63. The molecular formula is C18H31N3. The number of hydrogen-bond donors (Lipinski definition) is 1. The van der Waals surface area contributed by atoms with Crippen LogP contribution < -0.4 is 10.2 Å². The molecule has 1 aliphatic heterocycles. The maximum absolute atomic E-state index is 4.85. The lowest BCUT2D eigenvalue weighted by molar-refractivity contribution is 0.325. The van der Waals surface area contributed by atoms with Crippen molar-refractivity contribution >= 4 is 5.82 Å². The summed E-state index contributed by atoms with van der Waals surface area (Å²) in [5.41, 5.74) is 1.63. The molecule has 3 heteroatoms. The topological polar surface area (TPSA) is 28.2 Å². The molecule has 1 fully saturated rings. The Balaban J connectivity index is 1.96. The van der Waals surface area contributed by atoms with Crippen LogP contribution >= 0.6 is 0 Å². The summed E-state index contributed by atoms with van der Waals surface area (Å²) >= 11 is 0. The lowest BCUT2D eigenvalue weighted by Gasteiger charge is -2.24. The second-order valence-corrected chi connectivity index (χ2v) is 7.52. The van der Waals surface area contributed by atoms with Gasteiger partial charge in [0.2, 0.25) is 0 Å². The fourth-order valence-electron chi connectivity index (χ4n) is 2.88. The van der Waals surface area contributed by atoms with Crippen molar-refractivity contribution in [1.82, 2.24) is 10.3 Å². The standard InChI is InChI=1S/C18H31N3/c1-15(2)13-19-14-16-7-5-8-17(20-16)21-11-6-9-18(3,4)10-12-21/h5,7-8,15,19H,6,9-14H2,1-4H3. The van der Waals surface area contributed by atoms with Gasteiger partial charge in [0.1, 0.15) is 5.82 Å². The summed E-state index contributed by atoms with van der Waals surface area (Å²) in [6.07, 6.45) is 3.84. The number of pyridine rings is 1. The Morgan fingerprint density at radius 3 is 2.81 bits per heavy atom. The van der Waals surface area contributed by atoms with Gasteiger partial charge < -0.3 is 10.2 Å². The fourth-order valence-corrected chi connectivity index (χ4v) is 2.88. The molecule has 118 valence electrons. The molecule has 0 unspecified atom stereocenters. The third-order valence-electron chi connectivity index (χ3n) is 4.31. The molecule has 0 spiro atoms. The molecule has 3 nitrogen and oxygen atoms in total. The zero-order valence-electron chi connectivity index (χ0n) is 14.2. The van der Waals surface area contributed by atoms with Crippen LogP contribution in [0.5, 0.6) is 0 Å². The van der Waals surface area contributed by atoms with Crippen LogP contribution in [0.2, 0.25) is 0 Å². The molecule has 0 aromatic carbocycles. The summed E-state index contributed by atoms with van der Waals surface area (Å²) in [7, 11) is 0. The number of rotatable bonds is 5. The molecule has 21 heavy (non-hydrogen) atoms. The molecule has 2 rings (SSSR count). The van der Waals surface area contributed by atoms with Crippen molar-refractivity contribution in [3.8, 4) is 0 Å². The molecule has 0 aliphatic carbocycles. The predicted molar refractivity (Wildman–Crippen MR) is 90.6 cm³/mol. The van der Waals surface area contributed by atoms with Crippen LogP contribution in [0, 0.1) is 11.3 Å². The van der Waals surface area contributed by atoms with Crippen molar-refractivity contribution in [2.24, 2.45) is 11.3 Å². The second kappa shape index (κ2) is 7.26. The van der Waals surface area contributed by atoms with Crippen molar-refractivity contribution in [2.75, 3.05) is 24.5 Å². The maximum atomic E-state index is 4.85.